The molecule has 1 aliphatic rings. The van der Waals surface area contributed by atoms with Crippen LogP contribution in [0.15, 0.2) is 82.2 Å². The minimum absolute atomic E-state index is 0.0628. The first kappa shape index (κ1) is 25.2. The lowest BCUT2D eigenvalue weighted by molar-refractivity contribution is -0.138. The first-order chi connectivity index (χ1) is 17.5. The van der Waals surface area contributed by atoms with Gasteiger partial charge in [-0.3, -0.25) is 9.36 Å². The van der Waals surface area contributed by atoms with E-state index in [0.29, 0.717) is 33.0 Å². The summed E-state index contributed by atoms with van der Waals surface area (Å²) in [5, 5.41) is 0. The highest BCUT2D eigenvalue weighted by molar-refractivity contribution is 7.07. The van der Waals surface area contributed by atoms with E-state index in [1.165, 1.54) is 17.4 Å². The van der Waals surface area contributed by atoms with Crippen molar-refractivity contribution in [3.8, 4) is 11.5 Å². The Morgan fingerprint density at radius 1 is 1.14 bits per heavy atom. The first-order valence-electron chi connectivity index (χ1n) is 11.6. The van der Waals surface area contributed by atoms with Crippen molar-refractivity contribution in [2.45, 2.75) is 26.3 Å². The zero-order chi connectivity index (χ0) is 25.7. The van der Waals surface area contributed by atoms with E-state index in [-0.39, 0.29) is 12.2 Å². The van der Waals surface area contributed by atoms with Crippen LogP contribution in [0.3, 0.4) is 0 Å². The minimum Gasteiger partial charge on any atom is -0.497 e. The number of esters is 1. The van der Waals surface area contributed by atoms with Gasteiger partial charge in [-0.15, -0.1) is 0 Å². The molecule has 2 aromatic carbocycles. The lowest BCUT2D eigenvalue weighted by Crippen LogP contribution is -2.39. The van der Waals surface area contributed by atoms with Crippen molar-refractivity contribution < 1.29 is 19.0 Å². The van der Waals surface area contributed by atoms with E-state index in [2.05, 4.69) is 18.5 Å². The van der Waals surface area contributed by atoms with Crippen LogP contribution in [0.4, 0.5) is 0 Å². The second kappa shape index (κ2) is 11.2. The molecular formula is C28H28N2O5S. The van der Waals surface area contributed by atoms with Gasteiger partial charge in [0.15, 0.2) is 4.80 Å². The molecule has 8 heteroatoms. The Kier molecular flexibility index (Phi) is 7.85. The molecular weight excluding hydrogens is 476 g/mol. The number of allylic oxidation sites excluding steroid dienone is 1. The van der Waals surface area contributed by atoms with Crippen LogP contribution in [-0.4, -0.2) is 30.9 Å². The lowest BCUT2D eigenvalue weighted by atomic mass is 9.96. The Balaban J connectivity index is 1.82. The second-order valence-corrected chi connectivity index (χ2v) is 9.17. The highest BCUT2D eigenvalue weighted by Gasteiger charge is 2.33. The van der Waals surface area contributed by atoms with E-state index >= 15 is 0 Å². The number of aromatic nitrogens is 1. The van der Waals surface area contributed by atoms with Crippen molar-refractivity contribution in [3.05, 3.63) is 103 Å². The van der Waals surface area contributed by atoms with Crippen LogP contribution in [0, 0.1) is 0 Å². The number of rotatable bonds is 9. The molecule has 186 valence electrons. The van der Waals surface area contributed by atoms with Crippen LogP contribution in [0.2, 0.25) is 0 Å². The van der Waals surface area contributed by atoms with Crippen molar-refractivity contribution >= 4 is 23.4 Å². The highest BCUT2D eigenvalue weighted by atomic mass is 32.1. The summed E-state index contributed by atoms with van der Waals surface area (Å²) >= 11 is 1.29. The van der Waals surface area contributed by atoms with Crippen LogP contribution < -0.4 is 24.4 Å². The number of hydrogen-bond donors (Lipinski definition) is 0. The molecule has 3 aromatic rings. The van der Waals surface area contributed by atoms with Gasteiger partial charge in [0.05, 0.1) is 35.6 Å². The molecule has 2 heterocycles. The normalized spacial score (nSPS) is 15.2. The van der Waals surface area contributed by atoms with Gasteiger partial charge in [-0.2, -0.15) is 0 Å². The number of nitrogens with zero attached hydrogens (tertiary/aromatic N) is 2. The van der Waals surface area contributed by atoms with Gasteiger partial charge in [-0.1, -0.05) is 55.2 Å². The van der Waals surface area contributed by atoms with Crippen LogP contribution >= 0.6 is 11.3 Å². The monoisotopic (exact) mass is 504 g/mol. The van der Waals surface area contributed by atoms with Crippen LogP contribution in [-0.2, 0) is 9.53 Å². The maximum absolute atomic E-state index is 13.7. The summed E-state index contributed by atoms with van der Waals surface area (Å²) in [7, 11) is 1.59. The number of hydrogen-bond acceptors (Lipinski definition) is 7. The average Bonchev–Trinajstić information content (AvgIpc) is 3.20. The molecule has 4 rings (SSSR count). The third-order valence-corrected chi connectivity index (χ3v) is 6.64. The topological polar surface area (TPSA) is 79.1 Å². The maximum atomic E-state index is 13.7. The van der Waals surface area contributed by atoms with Crippen molar-refractivity contribution in [3.63, 3.8) is 0 Å². The number of methoxy groups -OCH3 is 1. The molecule has 36 heavy (non-hydrogen) atoms. The predicted molar refractivity (Wildman–Crippen MR) is 140 cm³/mol. The Morgan fingerprint density at radius 2 is 1.83 bits per heavy atom. The Hall–Kier alpha value is -3.91. The molecule has 0 fully saturated rings. The zero-order valence-electron chi connectivity index (χ0n) is 20.5. The Bertz CT molecular complexity index is 1460. The molecule has 1 unspecified atom stereocenters. The molecule has 0 saturated carbocycles. The number of benzene rings is 2. The number of carbonyl (C=O) groups is 1. The van der Waals surface area contributed by atoms with E-state index in [4.69, 9.17) is 14.2 Å². The van der Waals surface area contributed by atoms with Gasteiger partial charge in [-0.05, 0) is 54.8 Å². The van der Waals surface area contributed by atoms with E-state index in [0.717, 1.165) is 23.3 Å². The first-order valence-corrected chi connectivity index (χ1v) is 12.5. The third-order valence-electron chi connectivity index (χ3n) is 5.66. The number of thiazole rings is 1. The van der Waals surface area contributed by atoms with Gasteiger partial charge in [0.2, 0.25) is 0 Å². The van der Waals surface area contributed by atoms with Crippen LogP contribution in [0.5, 0.6) is 11.5 Å². The molecule has 1 atom stereocenters. The van der Waals surface area contributed by atoms with E-state index in [1.807, 2.05) is 42.5 Å². The fourth-order valence-corrected chi connectivity index (χ4v) is 4.97. The van der Waals surface area contributed by atoms with Gasteiger partial charge >= 0.3 is 5.97 Å². The van der Waals surface area contributed by atoms with Crippen LogP contribution in [0.1, 0.15) is 37.4 Å². The van der Waals surface area contributed by atoms with Crippen molar-refractivity contribution in [1.29, 1.82) is 0 Å². The largest absolute Gasteiger partial charge is 0.497 e. The van der Waals surface area contributed by atoms with E-state index in [9.17, 15) is 9.59 Å². The smallest absolute Gasteiger partial charge is 0.338 e. The number of fused-ring (bicyclic) bond motifs is 1. The second-order valence-electron chi connectivity index (χ2n) is 8.16. The molecule has 0 N–H and O–H groups in total. The summed E-state index contributed by atoms with van der Waals surface area (Å²) in [6.07, 6.45) is 4.26. The molecule has 0 spiro atoms. The van der Waals surface area contributed by atoms with Crippen molar-refractivity contribution in [1.82, 2.24) is 4.57 Å². The van der Waals surface area contributed by atoms with Gasteiger partial charge in [0, 0.05) is 0 Å². The predicted octanol–water partition coefficient (Wildman–Crippen LogP) is 3.76. The minimum atomic E-state index is -0.684. The summed E-state index contributed by atoms with van der Waals surface area (Å²) in [6, 6.07) is 14.2. The third kappa shape index (κ3) is 5.18. The Labute approximate surface area is 213 Å². The molecule has 1 aromatic heterocycles. The molecule has 7 nitrogen and oxygen atoms in total. The summed E-state index contributed by atoms with van der Waals surface area (Å²) in [5.74, 6) is 0.927. The fraction of sp³-hybridized carbons (Fsp3) is 0.250. The SMILES string of the molecule is C=CCOC(=O)C1=C(C)N=c2sc(=Cc3ccc(OCCC)cc3)c(=O)n2C1c1ccc(OC)cc1. The summed E-state index contributed by atoms with van der Waals surface area (Å²) in [5.41, 5.74) is 2.22. The lowest BCUT2D eigenvalue weighted by Gasteiger charge is -2.24. The quantitative estimate of drug-likeness (QED) is 0.328. The van der Waals surface area contributed by atoms with Gasteiger partial charge in [0.1, 0.15) is 18.1 Å². The average molecular weight is 505 g/mol. The van der Waals surface area contributed by atoms with Crippen molar-refractivity contribution in [2.75, 3.05) is 20.3 Å². The molecule has 0 radical (unpaired) electrons. The molecule has 0 aliphatic carbocycles. The molecule has 0 saturated heterocycles. The fourth-order valence-electron chi connectivity index (χ4n) is 3.93. The van der Waals surface area contributed by atoms with Gasteiger partial charge in [-0.25, -0.2) is 9.79 Å². The molecule has 1 aliphatic heterocycles. The Morgan fingerprint density at radius 3 is 2.47 bits per heavy atom. The maximum Gasteiger partial charge on any atom is 0.338 e. The van der Waals surface area contributed by atoms with Crippen LogP contribution in [0.25, 0.3) is 6.08 Å². The number of ether oxygens (including phenoxy) is 3. The summed E-state index contributed by atoms with van der Waals surface area (Å²) < 4.78 is 18.4. The molecule has 0 bridgehead atoms. The van der Waals surface area contributed by atoms with Gasteiger partial charge in [0.25, 0.3) is 5.56 Å². The highest BCUT2D eigenvalue weighted by Crippen LogP contribution is 2.31. The summed E-state index contributed by atoms with van der Waals surface area (Å²) in [6.45, 7) is 8.14. The van der Waals surface area contributed by atoms with Crippen molar-refractivity contribution in [2.24, 2.45) is 4.99 Å². The standard InChI is InChI=1S/C28H28N2O5S/c1-5-15-34-22-11-7-19(8-12-22)17-23-26(31)30-25(20-9-13-21(33-4)14-10-20)24(27(32)35-16-6-2)18(3)29-28(30)36-23/h6-14,17,25H,2,5,15-16H2,1,3-4H3. The molecule has 0 amide bonds. The summed E-state index contributed by atoms with van der Waals surface area (Å²) in [4.78, 5) is 31.8. The zero-order valence-corrected chi connectivity index (χ0v) is 21.3. The van der Waals surface area contributed by atoms with E-state index in [1.54, 1.807) is 30.7 Å². The number of carbonyl (C=O) groups excluding carboxylic acids is 1. The van der Waals surface area contributed by atoms with E-state index < -0.39 is 12.0 Å². The van der Waals surface area contributed by atoms with Gasteiger partial charge < -0.3 is 14.2 Å².